The predicted molar refractivity (Wildman–Crippen MR) is 133 cm³/mol. The van der Waals surface area contributed by atoms with Crippen LogP contribution < -0.4 is 10.3 Å². The van der Waals surface area contributed by atoms with Crippen LogP contribution in [0.5, 0.6) is 0 Å². The minimum absolute atomic E-state index is 0.0490. The number of anilines is 1. The Morgan fingerprint density at radius 2 is 1.90 bits per heavy atom. The van der Waals surface area contributed by atoms with Crippen LogP contribution in [0.15, 0.2) is 31.8 Å². The van der Waals surface area contributed by atoms with E-state index >= 15 is 0 Å². The molecule has 3 rings (SSSR count). The monoisotopic (exact) mass is 544 g/mol. The van der Waals surface area contributed by atoms with E-state index in [9.17, 15) is 9.35 Å². The van der Waals surface area contributed by atoms with Crippen molar-refractivity contribution in [1.82, 2.24) is 0 Å². The van der Waals surface area contributed by atoms with E-state index in [1.807, 2.05) is 53.7 Å². The highest BCUT2D eigenvalue weighted by atomic mass is 127. The van der Waals surface area contributed by atoms with Crippen LogP contribution in [0.1, 0.15) is 45.7 Å². The second-order valence-corrected chi connectivity index (χ2v) is 11.5. The lowest BCUT2D eigenvalue weighted by Gasteiger charge is -2.35. The summed E-state index contributed by atoms with van der Waals surface area (Å²) in [4.78, 5) is 15.0. The molecule has 164 valence electrons. The third-order valence-corrected chi connectivity index (χ3v) is 7.00. The number of rotatable bonds is 4. The third kappa shape index (κ3) is 5.20. The van der Waals surface area contributed by atoms with Crippen LogP contribution in [0.4, 0.5) is 5.88 Å². The number of aryl methyl sites for hydroxylation is 1. The summed E-state index contributed by atoms with van der Waals surface area (Å²) >= 11 is 0.807. The first-order valence-electron chi connectivity index (χ1n) is 10.0. The number of halogens is 1. The van der Waals surface area contributed by atoms with Gasteiger partial charge in [0.1, 0.15) is 27.4 Å². The maximum Gasteiger partial charge on any atom is 0.200 e. The quantitative estimate of drug-likeness (QED) is 0.247. The second-order valence-electron chi connectivity index (χ2n) is 8.83. The van der Waals surface area contributed by atoms with Gasteiger partial charge in [-0.1, -0.05) is 27.0 Å². The highest BCUT2D eigenvalue weighted by Crippen LogP contribution is 2.28. The zero-order valence-corrected chi connectivity index (χ0v) is 21.3. The van der Waals surface area contributed by atoms with Crippen molar-refractivity contribution in [3.63, 3.8) is 0 Å². The standard InChI is InChI=1S/C22H29IN2O4S/c1-13-7-16(18(10-23)24-30(27)22(4,5)6)21-17(8-13)19(26)9-20(29-21)25-11-14(2)28-15(3)12-25/h7-9,14-15H,10-12H2,1-6H3/t14-,15+,30?. The molecule has 2 heterocycles. The minimum atomic E-state index is -1.41. The first-order valence-corrected chi connectivity index (χ1v) is 12.7. The normalized spacial score (nSPS) is 21.9. The van der Waals surface area contributed by atoms with Crippen molar-refractivity contribution < 1.29 is 13.7 Å². The van der Waals surface area contributed by atoms with Gasteiger partial charge < -0.3 is 18.6 Å². The van der Waals surface area contributed by atoms with E-state index in [2.05, 4.69) is 31.9 Å². The summed E-state index contributed by atoms with van der Waals surface area (Å²) < 4.78 is 29.4. The molecule has 1 aliphatic heterocycles. The molecule has 30 heavy (non-hydrogen) atoms. The van der Waals surface area contributed by atoms with Crippen molar-refractivity contribution >= 4 is 56.5 Å². The van der Waals surface area contributed by atoms with E-state index in [1.54, 1.807) is 6.07 Å². The topological polar surface area (TPSA) is 78.1 Å². The Morgan fingerprint density at radius 3 is 2.47 bits per heavy atom. The van der Waals surface area contributed by atoms with Crippen LogP contribution in [0.25, 0.3) is 11.0 Å². The van der Waals surface area contributed by atoms with Crippen molar-refractivity contribution in [3.8, 4) is 0 Å². The Hall–Kier alpha value is -1.10. The number of benzene rings is 1. The number of morpholine rings is 1. The third-order valence-electron chi connectivity index (χ3n) is 4.85. The fourth-order valence-corrected chi connectivity index (χ4v) is 4.95. The summed E-state index contributed by atoms with van der Waals surface area (Å²) in [6, 6.07) is 5.35. The Labute approximate surface area is 194 Å². The smallest absolute Gasteiger partial charge is 0.200 e. The fourth-order valence-electron chi connectivity index (χ4n) is 3.50. The van der Waals surface area contributed by atoms with Crippen molar-refractivity contribution in [2.75, 3.05) is 22.4 Å². The minimum Gasteiger partial charge on any atom is -0.591 e. The number of alkyl halides is 1. The molecule has 0 saturated carbocycles. The Kier molecular flexibility index (Phi) is 7.21. The Morgan fingerprint density at radius 1 is 1.27 bits per heavy atom. The summed E-state index contributed by atoms with van der Waals surface area (Å²) in [7, 11) is 0. The van der Waals surface area contributed by atoms with Crippen molar-refractivity contribution in [2.45, 2.75) is 58.5 Å². The van der Waals surface area contributed by atoms with Gasteiger partial charge in [-0.2, -0.15) is 0 Å². The average molecular weight is 544 g/mol. The number of hydrogen-bond acceptors (Lipinski definition) is 6. The van der Waals surface area contributed by atoms with Crippen LogP contribution in [0, 0.1) is 6.92 Å². The van der Waals surface area contributed by atoms with Crippen LogP contribution >= 0.6 is 22.6 Å². The molecule has 0 amide bonds. The molecule has 1 unspecified atom stereocenters. The summed E-state index contributed by atoms with van der Waals surface area (Å²) in [5.41, 5.74) is 2.74. The molecule has 1 fully saturated rings. The molecule has 3 atom stereocenters. The van der Waals surface area contributed by atoms with E-state index in [0.717, 1.165) is 11.1 Å². The van der Waals surface area contributed by atoms with E-state index in [0.29, 0.717) is 40.1 Å². The number of nitrogens with zero attached hydrogens (tertiary/aromatic N) is 2. The molecule has 0 spiro atoms. The lowest BCUT2D eigenvalue weighted by Crippen LogP contribution is -2.45. The summed E-state index contributed by atoms with van der Waals surface area (Å²) in [6.45, 7) is 13.0. The highest BCUT2D eigenvalue weighted by molar-refractivity contribution is 14.1. The summed E-state index contributed by atoms with van der Waals surface area (Å²) in [6.07, 6.45) is 0.0980. The van der Waals surface area contributed by atoms with E-state index in [4.69, 9.17) is 9.15 Å². The van der Waals surface area contributed by atoms with Gasteiger partial charge in [-0.05, 0) is 59.2 Å². The molecule has 1 saturated heterocycles. The maximum atomic E-state index is 13.0. The molecule has 1 aliphatic rings. The Balaban J connectivity index is 2.18. The van der Waals surface area contributed by atoms with Gasteiger partial charge in [-0.3, -0.25) is 4.79 Å². The molecule has 0 aliphatic carbocycles. The SMILES string of the molecule is Cc1cc(C(CI)=N[S+]([O-])C(C)(C)C)c2oc(N3C[C@@H](C)O[C@@H](C)C3)cc(=O)c2c1. The van der Waals surface area contributed by atoms with Gasteiger partial charge in [0.05, 0.1) is 17.6 Å². The van der Waals surface area contributed by atoms with Crippen molar-refractivity contribution in [1.29, 1.82) is 0 Å². The van der Waals surface area contributed by atoms with E-state index in [-0.39, 0.29) is 17.6 Å². The van der Waals surface area contributed by atoms with Crippen LogP contribution in [0.3, 0.4) is 0 Å². The molecule has 2 aromatic rings. The van der Waals surface area contributed by atoms with Gasteiger partial charge in [0, 0.05) is 29.1 Å². The van der Waals surface area contributed by atoms with Crippen LogP contribution in [-0.2, 0) is 16.1 Å². The van der Waals surface area contributed by atoms with Gasteiger partial charge in [-0.15, -0.1) is 0 Å². The van der Waals surface area contributed by atoms with Gasteiger partial charge in [-0.25, -0.2) is 0 Å². The largest absolute Gasteiger partial charge is 0.591 e. The second kappa shape index (κ2) is 9.18. The zero-order valence-electron chi connectivity index (χ0n) is 18.3. The molecule has 1 aromatic carbocycles. The number of hydrogen-bond donors (Lipinski definition) is 0. The lowest BCUT2D eigenvalue weighted by molar-refractivity contribution is -0.00638. The number of ether oxygens (including phenoxy) is 1. The molecule has 1 aromatic heterocycles. The van der Waals surface area contributed by atoms with Crippen molar-refractivity contribution in [3.05, 3.63) is 39.5 Å². The van der Waals surface area contributed by atoms with Gasteiger partial charge >= 0.3 is 0 Å². The lowest BCUT2D eigenvalue weighted by atomic mass is 10.0. The molecular weight excluding hydrogens is 515 g/mol. The van der Waals surface area contributed by atoms with Gasteiger partial charge in [0.25, 0.3) is 0 Å². The molecule has 8 heteroatoms. The zero-order chi connectivity index (χ0) is 22.2. The summed E-state index contributed by atoms with van der Waals surface area (Å²) in [5, 5.41) is 0.516. The molecular formula is C22H29IN2O4S. The maximum absolute atomic E-state index is 13.0. The number of fused-ring (bicyclic) bond motifs is 1. The predicted octanol–water partition coefficient (Wildman–Crippen LogP) is 4.40. The molecule has 0 bridgehead atoms. The van der Waals surface area contributed by atoms with Gasteiger partial charge in [0.2, 0.25) is 0 Å². The average Bonchev–Trinajstić information content (AvgIpc) is 2.64. The first-order chi connectivity index (χ1) is 14.0. The molecule has 6 nitrogen and oxygen atoms in total. The van der Waals surface area contributed by atoms with Crippen molar-refractivity contribution in [2.24, 2.45) is 4.40 Å². The molecule has 0 N–H and O–H groups in total. The molecule has 0 radical (unpaired) electrons. The van der Waals surface area contributed by atoms with Crippen LogP contribution in [0.2, 0.25) is 0 Å². The Bertz CT molecular complexity index is 1000. The van der Waals surface area contributed by atoms with E-state index in [1.165, 1.54) is 0 Å². The van der Waals surface area contributed by atoms with Crippen LogP contribution in [-0.4, -0.2) is 44.7 Å². The van der Waals surface area contributed by atoms with E-state index < -0.39 is 16.1 Å². The fraction of sp³-hybridized carbons (Fsp3) is 0.545. The first kappa shape index (κ1) is 23.6. The van der Waals surface area contributed by atoms with Gasteiger partial charge in [0.15, 0.2) is 11.3 Å². The highest BCUT2D eigenvalue weighted by Gasteiger charge is 2.29. The summed E-state index contributed by atoms with van der Waals surface area (Å²) in [5.74, 6) is 0.532.